The molecule has 0 saturated heterocycles. The molecule has 0 aromatic carbocycles. The van der Waals surface area contributed by atoms with E-state index in [0.717, 1.165) is 15.6 Å². The van der Waals surface area contributed by atoms with Crippen molar-refractivity contribution in [2.75, 3.05) is 5.73 Å². The number of allylic oxidation sites excluding steroid dienone is 1. The summed E-state index contributed by atoms with van der Waals surface area (Å²) in [6.45, 7) is 2.04. The van der Waals surface area contributed by atoms with Crippen molar-refractivity contribution in [1.29, 1.82) is 0 Å². The van der Waals surface area contributed by atoms with Crippen molar-refractivity contribution in [2.24, 2.45) is 0 Å². The lowest BCUT2D eigenvalue weighted by Crippen LogP contribution is -2.44. The summed E-state index contributed by atoms with van der Waals surface area (Å²) in [6.07, 6.45) is 3.77. The summed E-state index contributed by atoms with van der Waals surface area (Å²) in [7, 11) is 6.36. The fourth-order valence-corrected chi connectivity index (χ4v) is 1.42. The molecule has 1 aromatic rings. The number of nitrogen functional groups attached to an aromatic ring is 1. The predicted molar refractivity (Wildman–Crippen MR) is 81.5 cm³/mol. The van der Waals surface area contributed by atoms with Crippen LogP contribution in [-0.4, -0.2) is 33.8 Å². The van der Waals surface area contributed by atoms with Crippen LogP contribution in [0.1, 0.15) is 12.5 Å². The van der Waals surface area contributed by atoms with E-state index in [1.165, 1.54) is 0 Å². The molecule has 16 heavy (non-hydrogen) atoms. The van der Waals surface area contributed by atoms with Crippen LogP contribution in [-0.2, 0) is 0 Å². The number of hydrogen-bond acceptors (Lipinski definition) is 3. The lowest BCUT2D eigenvalue weighted by Gasteiger charge is -2.19. The molecule has 1 heterocycles. The van der Waals surface area contributed by atoms with Crippen LogP contribution >= 0.6 is 15.9 Å². The number of nitrogens with zero attached hydrogens (tertiary/aromatic N) is 1. The van der Waals surface area contributed by atoms with E-state index < -0.39 is 0 Å². The van der Waals surface area contributed by atoms with Gasteiger partial charge in [0.15, 0.2) is 0 Å². The molecule has 82 valence electrons. The van der Waals surface area contributed by atoms with Gasteiger partial charge in [0.25, 0.3) is 0 Å². The zero-order chi connectivity index (χ0) is 12.3. The molecule has 1 aromatic heterocycles. The number of aromatic nitrogens is 1. The van der Waals surface area contributed by atoms with Gasteiger partial charge in [-0.25, -0.2) is 4.98 Å². The average molecular weight is 278 g/mol. The molecule has 0 aliphatic heterocycles. The van der Waals surface area contributed by atoms with E-state index in [1.807, 2.05) is 19.2 Å². The van der Waals surface area contributed by atoms with Crippen molar-refractivity contribution < 1.29 is 0 Å². The first-order valence-electron chi connectivity index (χ1n) is 5.15. The van der Waals surface area contributed by atoms with E-state index in [1.54, 1.807) is 6.20 Å². The molecule has 0 radical (unpaired) electrons. The average Bonchev–Trinajstić information content (AvgIpc) is 2.17. The molecule has 7 heteroatoms. The molecule has 0 spiro atoms. The van der Waals surface area contributed by atoms with Gasteiger partial charge in [0.05, 0.1) is 4.47 Å². The largest absolute Gasteiger partial charge is 0.408 e. The topological polar surface area (TPSA) is 50.9 Å². The van der Waals surface area contributed by atoms with E-state index in [2.05, 4.69) is 49.8 Å². The zero-order valence-electron chi connectivity index (χ0n) is 10.1. The number of anilines is 1. The lowest BCUT2D eigenvalue weighted by molar-refractivity contribution is 0.916. The van der Waals surface area contributed by atoms with Crippen LogP contribution < -0.4 is 11.1 Å². The molecule has 0 unspecified atom stereocenters. The van der Waals surface area contributed by atoms with Crippen molar-refractivity contribution >= 4 is 50.9 Å². The van der Waals surface area contributed by atoms with E-state index >= 15 is 0 Å². The summed E-state index contributed by atoms with van der Waals surface area (Å²) in [6, 6.07) is 1.97. The second kappa shape index (κ2) is 5.00. The minimum Gasteiger partial charge on any atom is -0.408 e. The molecule has 0 bridgehead atoms. The Labute approximate surface area is 108 Å². The Morgan fingerprint density at radius 1 is 1.56 bits per heavy atom. The smallest absolute Gasteiger partial charge is 0.137 e. The maximum atomic E-state index is 5.64. The number of nitrogens with one attached hydrogen (secondary N) is 1. The van der Waals surface area contributed by atoms with Crippen molar-refractivity contribution in [3.63, 3.8) is 0 Å². The van der Waals surface area contributed by atoms with Crippen molar-refractivity contribution in [3.05, 3.63) is 28.5 Å². The first-order valence-corrected chi connectivity index (χ1v) is 5.95. The number of halogens is 1. The Kier molecular flexibility index (Phi) is 4.13. The SMILES string of the molecule is BC(B)(B)N/C=C(\C)c1cnc(N)c(Br)c1. The standard InChI is InChI=1S/C9H15B3BrN3/c1-5(3-16-9(10,11)12)6-2-7(13)8(14)15-4-6/h2-4,16H,10-12H2,1H3,(H2,14,15)/b5-3+. The Balaban J connectivity index is 2.88. The van der Waals surface area contributed by atoms with Gasteiger partial charge in [0.1, 0.15) is 29.4 Å². The van der Waals surface area contributed by atoms with Crippen molar-refractivity contribution in [3.8, 4) is 0 Å². The molecular weight excluding hydrogens is 262 g/mol. The Bertz CT molecular complexity index is 415. The highest BCUT2D eigenvalue weighted by atomic mass is 79.9. The van der Waals surface area contributed by atoms with E-state index in [0.29, 0.717) is 5.82 Å². The van der Waals surface area contributed by atoms with Gasteiger partial charge in [-0.3, -0.25) is 0 Å². The van der Waals surface area contributed by atoms with Gasteiger partial charge < -0.3 is 11.1 Å². The Morgan fingerprint density at radius 2 is 2.19 bits per heavy atom. The van der Waals surface area contributed by atoms with Crippen molar-refractivity contribution in [2.45, 2.75) is 12.2 Å². The lowest BCUT2D eigenvalue weighted by atomic mass is 9.49. The van der Waals surface area contributed by atoms with Crippen LogP contribution in [0.15, 0.2) is 22.9 Å². The summed E-state index contributed by atoms with van der Waals surface area (Å²) in [4.78, 5) is 4.11. The van der Waals surface area contributed by atoms with Gasteiger partial charge in [-0.2, -0.15) is 0 Å². The Hall–Kier alpha value is -0.835. The molecule has 3 N–H and O–H groups in total. The van der Waals surface area contributed by atoms with E-state index in [-0.39, 0.29) is 5.24 Å². The number of nitrogens with two attached hydrogens (primary N) is 1. The van der Waals surface area contributed by atoms with Crippen molar-refractivity contribution in [1.82, 2.24) is 10.3 Å². The maximum Gasteiger partial charge on any atom is 0.137 e. The third-order valence-electron chi connectivity index (χ3n) is 2.05. The predicted octanol–water partition coefficient (Wildman–Crippen LogP) is -1.11. The van der Waals surface area contributed by atoms with Crippen LogP contribution in [0.3, 0.4) is 0 Å². The van der Waals surface area contributed by atoms with Gasteiger partial charge in [-0.05, 0) is 46.3 Å². The highest BCUT2D eigenvalue weighted by Gasteiger charge is 2.07. The fourth-order valence-electron chi connectivity index (χ4n) is 1.07. The van der Waals surface area contributed by atoms with Gasteiger partial charge in [0, 0.05) is 6.20 Å². The third-order valence-corrected chi connectivity index (χ3v) is 2.68. The minimum atomic E-state index is 0.0692. The molecule has 0 saturated carbocycles. The molecule has 0 aliphatic carbocycles. The quantitative estimate of drug-likeness (QED) is 0.689. The number of hydrogen-bond donors (Lipinski definition) is 2. The minimum absolute atomic E-state index is 0.0692. The molecule has 3 nitrogen and oxygen atoms in total. The molecule has 0 aliphatic rings. The monoisotopic (exact) mass is 277 g/mol. The van der Waals surface area contributed by atoms with Crippen LogP contribution in [0.4, 0.5) is 5.82 Å². The zero-order valence-corrected chi connectivity index (χ0v) is 11.7. The summed E-state index contributed by atoms with van der Waals surface area (Å²) in [5.74, 6) is 0.514. The van der Waals surface area contributed by atoms with Crippen LogP contribution in [0.5, 0.6) is 0 Å². The summed E-state index contributed by atoms with van der Waals surface area (Å²) in [5, 5.41) is 3.39. The summed E-state index contributed by atoms with van der Waals surface area (Å²) >= 11 is 3.37. The van der Waals surface area contributed by atoms with Gasteiger partial charge in [-0.1, -0.05) is 5.24 Å². The molecule has 1 rings (SSSR count). The number of pyridine rings is 1. The molecule has 0 amide bonds. The van der Waals surface area contributed by atoms with E-state index in [4.69, 9.17) is 5.73 Å². The van der Waals surface area contributed by atoms with Crippen LogP contribution in [0, 0.1) is 0 Å². The summed E-state index contributed by atoms with van der Waals surface area (Å²) < 4.78 is 0.827. The Morgan fingerprint density at radius 3 is 2.69 bits per heavy atom. The molecule has 0 fully saturated rings. The fraction of sp³-hybridized carbons (Fsp3) is 0.222. The van der Waals surface area contributed by atoms with Crippen LogP contribution in [0.25, 0.3) is 5.57 Å². The van der Waals surface area contributed by atoms with Crippen LogP contribution in [0.2, 0.25) is 0 Å². The first-order chi connectivity index (χ1) is 7.29. The van der Waals surface area contributed by atoms with E-state index in [9.17, 15) is 0 Å². The second-order valence-corrected chi connectivity index (χ2v) is 5.67. The first kappa shape index (κ1) is 13.2. The number of rotatable bonds is 3. The van der Waals surface area contributed by atoms with Gasteiger partial charge in [0.2, 0.25) is 0 Å². The summed E-state index contributed by atoms with van der Waals surface area (Å²) in [5.41, 5.74) is 7.82. The highest BCUT2D eigenvalue weighted by molar-refractivity contribution is 9.10. The molecular formula is C9H15B3BrN3. The van der Waals surface area contributed by atoms with Gasteiger partial charge >= 0.3 is 0 Å². The maximum absolute atomic E-state index is 5.64. The molecule has 0 atom stereocenters. The highest BCUT2D eigenvalue weighted by Crippen LogP contribution is 2.21. The normalized spacial score (nSPS) is 12.5. The third kappa shape index (κ3) is 3.97. The van der Waals surface area contributed by atoms with Gasteiger partial charge in [-0.15, -0.1) is 0 Å². The second-order valence-electron chi connectivity index (χ2n) is 4.81.